The second-order valence-corrected chi connectivity index (χ2v) is 11.7. The zero-order valence-electron chi connectivity index (χ0n) is 18.8. The third kappa shape index (κ3) is 4.37. The minimum Gasteiger partial charge on any atom is -0.310 e. The third-order valence-corrected chi connectivity index (χ3v) is 8.88. The van der Waals surface area contributed by atoms with Crippen LogP contribution in [-0.4, -0.2) is 37.5 Å². The molecular weight excluding hydrogens is 422 g/mol. The van der Waals surface area contributed by atoms with Crippen molar-refractivity contribution in [3.05, 3.63) is 58.0 Å². The second kappa shape index (κ2) is 8.67. The molecule has 3 heterocycles. The van der Waals surface area contributed by atoms with Crippen molar-refractivity contribution in [3.8, 4) is 0 Å². The van der Waals surface area contributed by atoms with E-state index in [0.717, 1.165) is 36.7 Å². The molecule has 172 valence electrons. The summed E-state index contributed by atoms with van der Waals surface area (Å²) in [5.74, 6) is 1.62. The summed E-state index contributed by atoms with van der Waals surface area (Å²) in [5.41, 5.74) is 1.95. The predicted molar refractivity (Wildman–Crippen MR) is 127 cm³/mol. The fourth-order valence-corrected chi connectivity index (χ4v) is 6.98. The Bertz CT molecular complexity index is 1130. The number of likely N-dealkylation sites (tertiary alicyclic amines) is 1. The van der Waals surface area contributed by atoms with Crippen molar-refractivity contribution in [3.63, 3.8) is 0 Å². The van der Waals surface area contributed by atoms with Crippen LogP contribution in [0.5, 0.6) is 0 Å². The maximum absolute atomic E-state index is 13.2. The van der Waals surface area contributed by atoms with Crippen molar-refractivity contribution >= 4 is 15.7 Å². The summed E-state index contributed by atoms with van der Waals surface area (Å²) in [7, 11) is -3.79. The minimum atomic E-state index is -3.79. The molecule has 1 aliphatic carbocycles. The van der Waals surface area contributed by atoms with Crippen LogP contribution >= 0.6 is 0 Å². The van der Waals surface area contributed by atoms with Gasteiger partial charge in [0.2, 0.25) is 0 Å². The fourth-order valence-electron chi connectivity index (χ4n) is 5.93. The Morgan fingerprint density at radius 2 is 1.72 bits per heavy atom. The van der Waals surface area contributed by atoms with E-state index in [9.17, 15) is 13.2 Å². The maximum atomic E-state index is 13.2. The zero-order chi connectivity index (χ0) is 22.3. The number of anilines is 1. The Morgan fingerprint density at radius 1 is 0.969 bits per heavy atom. The van der Waals surface area contributed by atoms with Crippen LogP contribution in [-0.2, 0) is 16.6 Å². The van der Waals surface area contributed by atoms with E-state index in [1.165, 1.54) is 38.6 Å². The molecule has 0 spiro atoms. The molecule has 1 aromatic carbocycles. The molecule has 5 rings (SSSR count). The van der Waals surface area contributed by atoms with E-state index in [1.54, 1.807) is 30.3 Å². The van der Waals surface area contributed by atoms with Crippen LogP contribution in [0.4, 0.5) is 5.69 Å². The first-order valence-corrected chi connectivity index (χ1v) is 13.4. The fraction of sp³-hybridized carbons (Fsp3) is 0.560. The van der Waals surface area contributed by atoms with Gasteiger partial charge in [0.05, 0.1) is 4.90 Å². The summed E-state index contributed by atoms with van der Waals surface area (Å²) < 4.78 is 29.9. The molecular formula is C25H33N3O3S. The van der Waals surface area contributed by atoms with E-state index in [1.807, 2.05) is 17.6 Å². The molecule has 7 heteroatoms. The van der Waals surface area contributed by atoms with Gasteiger partial charge >= 0.3 is 0 Å². The second-order valence-electron chi connectivity index (χ2n) is 10.0. The van der Waals surface area contributed by atoms with E-state index in [4.69, 9.17) is 0 Å². The summed E-state index contributed by atoms with van der Waals surface area (Å²) in [5, 5.41) is 0. The van der Waals surface area contributed by atoms with Crippen molar-refractivity contribution in [2.75, 3.05) is 24.4 Å². The third-order valence-electron chi connectivity index (χ3n) is 7.50. The zero-order valence-corrected chi connectivity index (χ0v) is 19.6. The van der Waals surface area contributed by atoms with Crippen LogP contribution in [0.1, 0.15) is 55.7 Å². The van der Waals surface area contributed by atoms with Gasteiger partial charge in [0.1, 0.15) is 5.69 Å². The van der Waals surface area contributed by atoms with Gasteiger partial charge in [0.25, 0.3) is 15.6 Å². The molecule has 3 aliphatic rings. The van der Waals surface area contributed by atoms with Gasteiger partial charge in [-0.15, -0.1) is 0 Å². The SMILES string of the molecule is Cc1ccc(S(=O)(=O)Nc2ccc3n(c2=O)CC2CC3CN(CC3CCCCC3)C2)cc1. The normalized spacial score (nSPS) is 24.2. The number of hydrogen-bond donors (Lipinski definition) is 1. The largest absolute Gasteiger partial charge is 0.310 e. The number of piperidine rings is 1. The van der Waals surface area contributed by atoms with Gasteiger partial charge < -0.3 is 9.47 Å². The Morgan fingerprint density at radius 3 is 2.47 bits per heavy atom. The number of aromatic nitrogens is 1. The monoisotopic (exact) mass is 455 g/mol. The van der Waals surface area contributed by atoms with Crippen molar-refractivity contribution in [1.82, 2.24) is 9.47 Å². The molecule has 2 aliphatic heterocycles. The van der Waals surface area contributed by atoms with Gasteiger partial charge in [-0.05, 0) is 62.3 Å². The molecule has 1 N–H and O–H groups in total. The molecule has 2 bridgehead atoms. The Kier molecular flexibility index (Phi) is 5.88. The molecule has 2 fully saturated rings. The summed E-state index contributed by atoms with van der Waals surface area (Å²) in [6, 6.07) is 10.3. The van der Waals surface area contributed by atoms with Crippen LogP contribution in [0.25, 0.3) is 0 Å². The topological polar surface area (TPSA) is 71.4 Å². The van der Waals surface area contributed by atoms with Crippen molar-refractivity contribution in [1.29, 1.82) is 0 Å². The standard InChI is InChI=1S/C25H33N3O3S/c1-18-7-9-22(10-8-18)32(30,31)26-23-11-12-24-21-13-20(16-28(24)25(23)29)15-27(17-21)14-19-5-3-2-4-6-19/h7-12,19-21,26H,2-6,13-17H2,1H3. The average molecular weight is 456 g/mol. The first-order chi connectivity index (χ1) is 15.4. The Labute approximate surface area is 190 Å². The highest BCUT2D eigenvalue weighted by molar-refractivity contribution is 7.92. The lowest BCUT2D eigenvalue weighted by Crippen LogP contribution is -2.48. The summed E-state index contributed by atoms with van der Waals surface area (Å²) >= 11 is 0. The van der Waals surface area contributed by atoms with E-state index in [-0.39, 0.29) is 16.1 Å². The van der Waals surface area contributed by atoms with Gasteiger partial charge in [0, 0.05) is 37.8 Å². The number of benzene rings is 1. The number of aryl methyl sites for hydroxylation is 1. The number of hydrogen-bond acceptors (Lipinski definition) is 4. The summed E-state index contributed by atoms with van der Waals surface area (Å²) in [6.45, 7) is 5.81. The lowest BCUT2D eigenvalue weighted by molar-refractivity contribution is 0.0968. The van der Waals surface area contributed by atoms with Crippen LogP contribution in [0, 0.1) is 18.8 Å². The molecule has 2 atom stereocenters. The maximum Gasteiger partial charge on any atom is 0.275 e. The molecule has 1 saturated heterocycles. The van der Waals surface area contributed by atoms with E-state index < -0.39 is 10.0 Å². The van der Waals surface area contributed by atoms with Gasteiger partial charge in [-0.25, -0.2) is 8.42 Å². The number of nitrogens with zero attached hydrogens (tertiary/aromatic N) is 2. The minimum absolute atomic E-state index is 0.133. The molecule has 2 aromatic rings. The van der Waals surface area contributed by atoms with Gasteiger partial charge in [-0.2, -0.15) is 0 Å². The van der Waals surface area contributed by atoms with Crippen molar-refractivity contribution in [2.24, 2.45) is 11.8 Å². The van der Waals surface area contributed by atoms with Crippen LogP contribution in [0.2, 0.25) is 0 Å². The smallest absolute Gasteiger partial charge is 0.275 e. The predicted octanol–water partition coefficient (Wildman–Crippen LogP) is 3.96. The van der Waals surface area contributed by atoms with Crippen LogP contribution in [0.3, 0.4) is 0 Å². The lowest BCUT2D eigenvalue weighted by Gasteiger charge is -2.44. The molecule has 2 unspecified atom stereocenters. The highest BCUT2D eigenvalue weighted by Crippen LogP contribution is 2.36. The number of sulfonamides is 1. The van der Waals surface area contributed by atoms with Crippen molar-refractivity contribution < 1.29 is 8.42 Å². The number of rotatable bonds is 5. The molecule has 6 nitrogen and oxygen atoms in total. The number of fused-ring (bicyclic) bond motifs is 4. The summed E-state index contributed by atoms with van der Waals surface area (Å²) in [4.78, 5) is 16.0. The van der Waals surface area contributed by atoms with E-state index in [2.05, 4.69) is 9.62 Å². The lowest BCUT2D eigenvalue weighted by atomic mass is 9.81. The molecule has 1 aromatic heterocycles. The number of pyridine rings is 1. The molecule has 32 heavy (non-hydrogen) atoms. The molecule has 1 saturated carbocycles. The Hall–Kier alpha value is -2.12. The van der Waals surface area contributed by atoms with E-state index >= 15 is 0 Å². The number of nitrogens with one attached hydrogen (secondary N) is 1. The van der Waals surface area contributed by atoms with Gasteiger partial charge in [-0.3, -0.25) is 9.52 Å². The molecule has 0 radical (unpaired) electrons. The quantitative estimate of drug-likeness (QED) is 0.741. The average Bonchev–Trinajstić information content (AvgIpc) is 2.77. The van der Waals surface area contributed by atoms with E-state index in [0.29, 0.717) is 18.4 Å². The molecule has 0 amide bonds. The Balaban J connectivity index is 1.35. The first kappa shape index (κ1) is 21.7. The highest BCUT2D eigenvalue weighted by atomic mass is 32.2. The first-order valence-electron chi connectivity index (χ1n) is 11.9. The van der Waals surface area contributed by atoms with Gasteiger partial charge in [-0.1, -0.05) is 37.0 Å². The highest BCUT2D eigenvalue weighted by Gasteiger charge is 2.36. The van der Waals surface area contributed by atoms with Crippen molar-refractivity contribution in [2.45, 2.75) is 62.8 Å². The van der Waals surface area contributed by atoms with Crippen LogP contribution in [0.15, 0.2) is 46.1 Å². The van der Waals surface area contributed by atoms with Crippen LogP contribution < -0.4 is 10.3 Å². The van der Waals surface area contributed by atoms with Gasteiger partial charge in [0.15, 0.2) is 0 Å². The summed E-state index contributed by atoms with van der Waals surface area (Å²) in [6.07, 6.45) is 7.94.